The summed E-state index contributed by atoms with van der Waals surface area (Å²) in [6.07, 6.45) is 5.36. The van der Waals surface area contributed by atoms with Gasteiger partial charge in [-0.2, -0.15) is 0 Å². The summed E-state index contributed by atoms with van der Waals surface area (Å²) in [4.78, 5) is 16.4. The summed E-state index contributed by atoms with van der Waals surface area (Å²) in [7, 11) is 0. The van der Waals surface area contributed by atoms with Gasteiger partial charge in [-0.3, -0.25) is 9.78 Å². The normalized spacial score (nSPS) is 11.8. The zero-order valence-electron chi connectivity index (χ0n) is 11.8. The minimum absolute atomic E-state index is 0.0714. The summed E-state index contributed by atoms with van der Waals surface area (Å²) < 4.78 is 0. The van der Waals surface area contributed by atoms with Crippen LogP contribution in [0, 0.1) is 0 Å². The fourth-order valence-corrected chi connectivity index (χ4v) is 2.24. The minimum Gasteiger partial charge on any atom is -0.351 e. The average Bonchev–Trinajstić information content (AvgIpc) is 2.52. The molecule has 104 valence electrons. The largest absolute Gasteiger partial charge is 0.351 e. The van der Waals surface area contributed by atoms with E-state index in [9.17, 15) is 4.79 Å². The van der Waals surface area contributed by atoms with E-state index in [1.807, 2.05) is 42.5 Å². The van der Waals surface area contributed by atoms with Crippen LogP contribution in [0.15, 0.2) is 54.9 Å². The lowest BCUT2D eigenvalue weighted by molar-refractivity contribution is -0.122. The second kappa shape index (κ2) is 7.43. The molecular formula is C17H20N2O. The van der Waals surface area contributed by atoms with Gasteiger partial charge >= 0.3 is 0 Å². The van der Waals surface area contributed by atoms with E-state index in [1.165, 1.54) is 0 Å². The van der Waals surface area contributed by atoms with Crippen LogP contribution >= 0.6 is 0 Å². The molecule has 2 rings (SSSR count). The van der Waals surface area contributed by atoms with Gasteiger partial charge in [0.2, 0.25) is 5.91 Å². The third-order valence-electron chi connectivity index (χ3n) is 3.29. The van der Waals surface area contributed by atoms with Crippen molar-refractivity contribution in [1.82, 2.24) is 10.3 Å². The summed E-state index contributed by atoms with van der Waals surface area (Å²) in [6.45, 7) is 2.63. The van der Waals surface area contributed by atoms with E-state index in [4.69, 9.17) is 0 Å². The molecule has 0 saturated heterocycles. The zero-order valence-corrected chi connectivity index (χ0v) is 11.8. The lowest BCUT2D eigenvalue weighted by Crippen LogP contribution is -2.29. The van der Waals surface area contributed by atoms with Crippen LogP contribution in [-0.2, 0) is 11.3 Å². The van der Waals surface area contributed by atoms with Crippen molar-refractivity contribution in [2.45, 2.75) is 32.2 Å². The van der Waals surface area contributed by atoms with Gasteiger partial charge in [0.1, 0.15) is 0 Å². The molecule has 1 aromatic carbocycles. The van der Waals surface area contributed by atoms with Crippen molar-refractivity contribution in [3.8, 4) is 0 Å². The molecule has 3 nitrogen and oxygen atoms in total. The fraction of sp³-hybridized carbons (Fsp3) is 0.294. The summed E-state index contributed by atoms with van der Waals surface area (Å²) in [5, 5.41) is 3.00. The van der Waals surface area contributed by atoms with Crippen molar-refractivity contribution in [2.75, 3.05) is 0 Å². The second-order valence-electron chi connectivity index (χ2n) is 4.83. The zero-order chi connectivity index (χ0) is 14.2. The van der Waals surface area contributed by atoms with Gasteiger partial charge in [-0.25, -0.2) is 0 Å². The number of nitrogens with one attached hydrogen (secondary N) is 1. The Labute approximate surface area is 120 Å². The molecule has 0 radical (unpaired) electrons. The van der Waals surface area contributed by atoms with E-state index in [0.717, 1.165) is 24.0 Å². The molecular weight excluding hydrogens is 248 g/mol. The smallest absolute Gasteiger partial charge is 0.227 e. The van der Waals surface area contributed by atoms with E-state index in [1.54, 1.807) is 12.4 Å². The van der Waals surface area contributed by atoms with Crippen LogP contribution in [-0.4, -0.2) is 10.9 Å². The molecule has 0 aliphatic rings. The highest BCUT2D eigenvalue weighted by atomic mass is 16.1. The molecule has 1 atom stereocenters. The Morgan fingerprint density at radius 3 is 2.65 bits per heavy atom. The highest BCUT2D eigenvalue weighted by Gasteiger charge is 2.18. The third kappa shape index (κ3) is 3.92. The van der Waals surface area contributed by atoms with Gasteiger partial charge in [0, 0.05) is 18.9 Å². The number of carbonyl (C=O) groups is 1. The molecule has 0 aliphatic heterocycles. The van der Waals surface area contributed by atoms with E-state index < -0.39 is 0 Å². The SMILES string of the molecule is CCC[C@@H](C(=O)NCc1cccnc1)c1ccccc1. The maximum Gasteiger partial charge on any atom is 0.227 e. The Balaban J connectivity index is 2.01. The molecule has 1 heterocycles. The molecule has 0 aliphatic carbocycles. The maximum atomic E-state index is 12.4. The van der Waals surface area contributed by atoms with Crippen LogP contribution < -0.4 is 5.32 Å². The van der Waals surface area contributed by atoms with Crippen LogP contribution in [0.5, 0.6) is 0 Å². The highest BCUT2D eigenvalue weighted by molar-refractivity contribution is 5.83. The Bertz CT molecular complexity index is 525. The second-order valence-corrected chi connectivity index (χ2v) is 4.83. The monoisotopic (exact) mass is 268 g/mol. The number of benzene rings is 1. The molecule has 0 saturated carbocycles. The molecule has 20 heavy (non-hydrogen) atoms. The molecule has 0 fully saturated rings. The molecule has 1 aromatic heterocycles. The van der Waals surface area contributed by atoms with Crippen molar-refractivity contribution in [1.29, 1.82) is 0 Å². The van der Waals surface area contributed by atoms with E-state index >= 15 is 0 Å². The third-order valence-corrected chi connectivity index (χ3v) is 3.29. The Hall–Kier alpha value is -2.16. The van der Waals surface area contributed by atoms with Crippen molar-refractivity contribution < 1.29 is 4.79 Å². The van der Waals surface area contributed by atoms with Crippen molar-refractivity contribution in [3.05, 3.63) is 66.0 Å². The quantitative estimate of drug-likeness (QED) is 0.873. The van der Waals surface area contributed by atoms with Crippen LogP contribution in [0.25, 0.3) is 0 Å². The topological polar surface area (TPSA) is 42.0 Å². The average molecular weight is 268 g/mol. The number of pyridine rings is 1. The Morgan fingerprint density at radius 2 is 2.00 bits per heavy atom. The van der Waals surface area contributed by atoms with Crippen molar-refractivity contribution in [2.24, 2.45) is 0 Å². The Kier molecular flexibility index (Phi) is 5.30. The number of amides is 1. The van der Waals surface area contributed by atoms with Gasteiger partial charge in [0.15, 0.2) is 0 Å². The standard InChI is InChI=1S/C17H20N2O/c1-2-7-16(15-9-4-3-5-10-15)17(20)19-13-14-8-6-11-18-12-14/h3-6,8-12,16H,2,7,13H2,1H3,(H,19,20)/t16-/m1/s1. The highest BCUT2D eigenvalue weighted by Crippen LogP contribution is 2.21. The molecule has 1 N–H and O–H groups in total. The molecule has 3 heteroatoms. The van der Waals surface area contributed by atoms with Gasteiger partial charge < -0.3 is 5.32 Å². The van der Waals surface area contributed by atoms with Crippen LogP contribution in [0.4, 0.5) is 0 Å². The molecule has 0 bridgehead atoms. The van der Waals surface area contributed by atoms with E-state index in [-0.39, 0.29) is 11.8 Å². The maximum absolute atomic E-state index is 12.4. The van der Waals surface area contributed by atoms with Gasteiger partial charge in [0.25, 0.3) is 0 Å². The first kappa shape index (κ1) is 14.3. The summed E-state index contributed by atoms with van der Waals surface area (Å²) in [5.74, 6) is 0.0137. The molecule has 1 amide bonds. The van der Waals surface area contributed by atoms with Crippen LogP contribution in [0.1, 0.15) is 36.8 Å². The predicted octanol–water partition coefficient (Wildman–Crippen LogP) is 3.28. The first-order valence-corrected chi connectivity index (χ1v) is 7.03. The van der Waals surface area contributed by atoms with Gasteiger partial charge in [-0.15, -0.1) is 0 Å². The number of hydrogen-bond acceptors (Lipinski definition) is 2. The van der Waals surface area contributed by atoms with E-state index in [0.29, 0.717) is 6.54 Å². The number of rotatable bonds is 6. The van der Waals surface area contributed by atoms with Gasteiger partial charge in [-0.1, -0.05) is 49.7 Å². The summed E-state index contributed by atoms with van der Waals surface area (Å²) in [5.41, 5.74) is 2.10. The molecule has 0 spiro atoms. The van der Waals surface area contributed by atoms with E-state index in [2.05, 4.69) is 17.2 Å². The predicted molar refractivity (Wildman–Crippen MR) is 80.2 cm³/mol. The fourth-order valence-electron chi connectivity index (χ4n) is 2.24. The molecule has 2 aromatic rings. The van der Waals surface area contributed by atoms with Crippen LogP contribution in [0.2, 0.25) is 0 Å². The number of aromatic nitrogens is 1. The number of hydrogen-bond donors (Lipinski definition) is 1. The first-order chi connectivity index (χ1) is 9.81. The molecule has 0 unspecified atom stereocenters. The summed E-state index contributed by atoms with van der Waals surface area (Å²) >= 11 is 0. The minimum atomic E-state index is -0.0714. The van der Waals surface area contributed by atoms with Crippen LogP contribution in [0.3, 0.4) is 0 Å². The Morgan fingerprint density at radius 1 is 1.20 bits per heavy atom. The number of nitrogens with zero attached hydrogens (tertiary/aromatic N) is 1. The summed E-state index contributed by atoms with van der Waals surface area (Å²) in [6, 6.07) is 13.8. The van der Waals surface area contributed by atoms with Gasteiger partial charge in [-0.05, 0) is 23.6 Å². The lowest BCUT2D eigenvalue weighted by atomic mass is 9.93. The van der Waals surface area contributed by atoms with Crippen molar-refractivity contribution in [3.63, 3.8) is 0 Å². The number of carbonyl (C=O) groups excluding carboxylic acids is 1. The van der Waals surface area contributed by atoms with Gasteiger partial charge in [0.05, 0.1) is 5.92 Å². The van der Waals surface area contributed by atoms with Crippen molar-refractivity contribution >= 4 is 5.91 Å². The lowest BCUT2D eigenvalue weighted by Gasteiger charge is -2.16. The first-order valence-electron chi connectivity index (χ1n) is 7.03.